The van der Waals surface area contributed by atoms with Crippen LogP contribution in [0.4, 0.5) is 0 Å². The summed E-state index contributed by atoms with van der Waals surface area (Å²) in [5.41, 5.74) is 7.34. The number of hydrogen-bond acceptors (Lipinski definition) is 2. The Morgan fingerprint density at radius 3 is 2.82 bits per heavy atom. The van der Waals surface area contributed by atoms with E-state index in [0.29, 0.717) is 5.56 Å². The van der Waals surface area contributed by atoms with Crippen LogP contribution in [0.25, 0.3) is 0 Å². The number of aromatic hydroxyl groups is 1. The van der Waals surface area contributed by atoms with Gasteiger partial charge in [0.25, 0.3) is 0 Å². The molecule has 0 aliphatic rings. The number of rotatable bonds is 2. The highest BCUT2D eigenvalue weighted by atomic mass is 16.3. The second-order valence-corrected chi connectivity index (χ2v) is 2.27. The van der Waals surface area contributed by atoms with Gasteiger partial charge in [0.1, 0.15) is 5.75 Å². The zero-order valence-corrected chi connectivity index (χ0v) is 5.87. The van der Waals surface area contributed by atoms with Crippen LogP contribution in [0.2, 0.25) is 0 Å². The van der Waals surface area contributed by atoms with Gasteiger partial charge in [-0.15, -0.1) is 0 Å². The molecule has 1 amide bonds. The molecule has 1 aromatic carbocycles. The molecule has 57 valence electrons. The van der Waals surface area contributed by atoms with Crippen molar-refractivity contribution >= 4 is 5.91 Å². The van der Waals surface area contributed by atoms with Gasteiger partial charge in [0.15, 0.2) is 0 Å². The minimum atomic E-state index is -0.643. The molecule has 2 N–H and O–H groups in total. The predicted octanol–water partition coefficient (Wildman–Crippen LogP) is 0.744. The summed E-state index contributed by atoms with van der Waals surface area (Å²) in [7, 11) is 0. The molecule has 0 unspecified atom stereocenters. The van der Waals surface area contributed by atoms with Crippen LogP contribution in [-0.4, -0.2) is 11.0 Å². The molecular weight excluding hydrogens is 142 g/mol. The van der Waals surface area contributed by atoms with Crippen molar-refractivity contribution < 1.29 is 9.90 Å². The van der Waals surface area contributed by atoms with Gasteiger partial charge in [0, 0.05) is 0 Å². The third-order valence-corrected chi connectivity index (χ3v) is 1.28. The van der Waals surface area contributed by atoms with Gasteiger partial charge in [-0.2, -0.15) is 0 Å². The number of carbonyl (C=O) groups is 1. The van der Waals surface area contributed by atoms with Crippen LogP contribution in [0.1, 0.15) is 5.56 Å². The fourth-order valence-electron chi connectivity index (χ4n) is 0.852. The summed E-state index contributed by atoms with van der Waals surface area (Å²) in [6.07, 6.45) is 0.0639. The Morgan fingerprint density at radius 1 is 1.55 bits per heavy atom. The Balaban J connectivity index is 2.79. The van der Waals surface area contributed by atoms with E-state index in [1.807, 2.05) is 0 Å². The molecule has 0 aliphatic heterocycles. The van der Waals surface area contributed by atoms with Crippen molar-refractivity contribution in [1.29, 1.82) is 0 Å². The van der Waals surface area contributed by atoms with E-state index in [2.05, 4.69) is 0 Å². The van der Waals surface area contributed by atoms with Crippen LogP contribution in [0.5, 0.6) is 5.75 Å². The van der Waals surface area contributed by atoms with Crippen molar-refractivity contribution in [2.75, 3.05) is 0 Å². The molecule has 0 saturated heterocycles. The lowest BCUT2D eigenvalue weighted by Crippen LogP contribution is -2.01. The minimum Gasteiger partial charge on any atom is -0.508 e. The van der Waals surface area contributed by atoms with Crippen molar-refractivity contribution in [3.8, 4) is 5.75 Å². The highest BCUT2D eigenvalue weighted by Gasteiger charge is 1.98. The molecule has 0 aliphatic carbocycles. The topological polar surface area (TPSA) is 61.1 Å². The number of hydrogen-bond donors (Lipinski definition) is 1. The first-order valence-electron chi connectivity index (χ1n) is 3.21. The van der Waals surface area contributed by atoms with E-state index in [-0.39, 0.29) is 12.2 Å². The van der Waals surface area contributed by atoms with Crippen LogP contribution in [-0.2, 0) is 11.2 Å². The van der Waals surface area contributed by atoms with E-state index in [0.717, 1.165) is 0 Å². The van der Waals surface area contributed by atoms with Gasteiger partial charge in [0.2, 0.25) is 5.91 Å². The van der Waals surface area contributed by atoms with Crippen molar-refractivity contribution in [3.63, 3.8) is 0 Å². The predicted molar refractivity (Wildman–Crippen MR) is 39.9 cm³/mol. The Bertz CT molecular complexity index is 271. The number of nitrogens with one attached hydrogen (secondary N) is 1. The number of amides is 1. The number of phenolic OH excluding ortho intramolecular Hbond substituents is 1. The molecule has 0 atom stereocenters. The van der Waals surface area contributed by atoms with Gasteiger partial charge in [-0.05, 0) is 17.7 Å². The van der Waals surface area contributed by atoms with Gasteiger partial charge < -0.3 is 5.11 Å². The highest BCUT2D eigenvalue weighted by molar-refractivity contribution is 5.75. The standard InChI is InChI=1S/C8H8NO2/c9-8(11)5-6-2-1-3-7(10)4-6/h1-4,9-10H,5H2. The summed E-state index contributed by atoms with van der Waals surface area (Å²) in [5.74, 6) is -0.514. The lowest BCUT2D eigenvalue weighted by molar-refractivity contribution is -0.118. The summed E-state index contributed by atoms with van der Waals surface area (Å²) in [6.45, 7) is 0. The smallest absolute Gasteiger partial charge is 0.242 e. The highest BCUT2D eigenvalue weighted by Crippen LogP contribution is 2.10. The summed E-state index contributed by atoms with van der Waals surface area (Å²) in [4.78, 5) is 10.3. The second kappa shape index (κ2) is 3.05. The average molecular weight is 150 g/mol. The van der Waals surface area contributed by atoms with Crippen molar-refractivity contribution in [2.24, 2.45) is 0 Å². The fourth-order valence-corrected chi connectivity index (χ4v) is 0.852. The van der Waals surface area contributed by atoms with Crippen LogP contribution in [0, 0.1) is 0 Å². The Labute approximate surface area is 64.5 Å². The molecule has 11 heavy (non-hydrogen) atoms. The van der Waals surface area contributed by atoms with Gasteiger partial charge in [-0.3, -0.25) is 10.5 Å². The van der Waals surface area contributed by atoms with E-state index in [9.17, 15) is 4.79 Å². The zero-order chi connectivity index (χ0) is 8.27. The molecule has 3 nitrogen and oxygen atoms in total. The van der Waals surface area contributed by atoms with Crippen LogP contribution >= 0.6 is 0 Å². The SMILES string of the molecule is [NH]C(=O)Cc1cccc(O)c1. The molecule has 1 aromatic rings. The average Bonchev–Trinajstić information content (AvgIpc) is 1.85. The first-order valence-corrected chi connectivity index (χ1v) is 3.21. The first-order chi connectivity index (χ1) is 5.18. The van der Waals surface area contributed by atoms with Crippen LogP contribution in [0.15, 0.2) is 24.3 Å². The van der Waals surface area contributed by atoms with Gasteiger partial charge >= 0.3 is 0 Å². The Morgan fingerprint density at radius 2 is 2.27 bits per heavy atom. The van der Waals surface area contributed by atoms with Crippen molar-refractivity contribution in [1.82, 2.24) is 5.73 Å². The molecule has 0 bridgehead atoms. The van der Waals surface area contributed by atoms with E-state index in [1.165, 1.54) is 12.1 Å². The van der Waals surface area contributed by atoms with Crippen LogP contribution in [0.3, 0.4) is 0 Å². The fraction of sp³-hybridized carbons (Fsp3) is 0.125. The summed E-state index contributed by atoms with van der Waals surface area (Å²) >= 11 is 0. The van der Waals surface area contributed by atoms with Gasteiger partial charge in [-0.25, -0.2) is 0 Å². The molecule has 1 rings (SSSR count). The molecule has 0 aromatic heterocycles. The maximum Gasteiger partial charge on any atom is 0.242 e. The maximum atomic E-state index is 10.3. The zero-order valence-electron chi connectivity index (χ0n) is 5.87. The van der Waals surface area contributed by atoms with E-state index in [4.69, 9.17) is 10.8 Å². The van der Waals surface area contributed by atoms with Crippen LogP contribution < -0.4 is 5.73 Å². The number of phenols is 1. The summed E-state index contributed by atoms with van der Waals surface area (Å²) < 4.78 is 0. The normalized spacial score (nSPS) is 9.45. The second-order valence-electron chi connectivity index (χ2n) is 2.27. The molecule has 0 spiro atoms. The molecular formula is C8H8NO2. The van der Waals surface area contributed by atoms with Crippen molar-refractivity contribution in [2.45, 2.75) is 6.42 Å². The molecule has 3 heteroatoms. The lowest BCUT2D eigenvalue weighted by Gasteiger charge is -1.96. The third-order valence-electron chi connectivity index (χ3n) is 1.28. The van der Waals surface area contributed by atoms with E-state index < -0.39 is 5.91 Å². The molecule has 0 fully saturated rings. The summed E-state index contributed by atoms with van der Waals surface area (Å²) in [5, 5.41) is 8.95. The van der Waals surface area contributed by atoms with Gasteiger partial charge in [0.05, 0.1) is 6.42 Å². The molecule has 0 saturated carbocycles. The molecule has 0 heterocycles. The third kappa shape index (κ3) is 2.29. The van der Waals surface area contributed by atoms with Gasteiger partial charge in [-0.1, -0.05) is 12.1 Å². The Kier molecular flexibility index (Phi) is 2.11. The minimum absolute atomic E-state index is 0.0639. The molecule has 1 radical (unpaired) electrons. The Hall–Kier alpha value is -1.51. The quantitative estimate of drug-likeness (QED) is 0.676. The monoisotopic (exact) mass is 150 g/mol. The first kappa shape index (κ1) is 7.60. The number of carbonyl (C=O) groups excluding carboxylic acids is 1. The van der Waals surface area contributed by atoms with Crippen molar-refractivity contribution in [3.05, 3.63) is 29.8 Å². The summed E-state index contributed by atoms with van der Waals surface area (Å²) in [6, 6.07) is 6.35. The number of benzene rings is 1. The largest absolute Gasteiger partial charge is 0.508 e. The lowest BCUT2D eigenvalue weighted by atomic mass is 10.1. The van der Waals surface area contributed by atoms with E-state index >= 15 is 0 Å². The maximum absolute atomic E-state index is 10.3. The van der Waals surface area contributed by atoms with E-state index in [1.54, 1.807) is 12.1 Å².